The van der Waals surface area contributed by atoms with Crippen molar-refractivity contribution in [3.05, 3.63) is 169 Å². The molecular weight excluding hydrogens is 815 g/mol. The van der Waals surface area contributed by atoms with Crippen molar-refractivity contribution in [2.45, 2.75) is 97.9 Å². The van der Waals surface area contributed by atoms with E-state index in [1.54, 1.807) is 0 Å². The van der Waals surface area contributed by atoms with Gasteiger partial charge in [0.2, 0.25) is 0 Å². The van der Waals surface area contributed by atoms with Crippen LogP contribution in [0.15, 0.2) is 158 Å². The van der Waals surface area contributed by atoms with E-state index in [4.69, 9.17) is 19.1 Å². The number of unbranched alkanes of at least 4 members (excludes halogenated alkanes) is 1. The third-order valence-corrected chi connectivity index (χ3v) is 13.2. The van der Waals surface area contributed by atoms with Crippen LogP contribution in [-0.4, -0.2) is 19.4 Å². The van der Waals surface area contributed by atoms with Crippen molar-refractivity contribution in [2.24, 2.45) is 0 Å². The van der Waals surface area contributed by atoms with Gasteiger partial charge in [0, 0.05) is 56.3 Å². The van der Waals surface area contributed by atoms with E-state index in [0.29, 0.717) is 0 Å². The summed E-state index contributed by atoms with van der Waals surface area (Å²) in [4.78, 5) is 4.64. The lowest BCUT2D eigenvalue weighted by Gasteiger charge is -2.27. The van der Waals surface area contributed by atoms with E-state index >= 15 is 0 Å². The first-order chi connectivity index (χ1) is 31.4. The van der Waals surface area contributed by atoms with Crippen molar-refractivity contribution in [1.29, 1.82) is 0 Å². The fourth-order valence-electron chi connectivity index (χ4n) is 9.00. The van der Waals surface area contributed by atoms with Gasteiger partial charge in [0.15, 0.2) is 0 Å². The Morgan fingerprint density at radius 3 is 1.40 bits per heavy atom. The number of hydrogen-bond acceptors (Lipinski definition) is 5. The highest BCUT2D eigenvalue weighted by atomic mass is 32.1. The maximum Gasteiger partial charge on any atom is 0.279 e. The molecule has 0 radical (unpaired) electrons. The molecule has 328 valence electrons. The van der Waals surface area contributed by atoms with Gasteiger partial charge in [-0.1, -0.05) is 158 Å². The molecule has 2 heterocycles. The monoisotopic (exact) mass is 873 g/mol. The average Bonchev–Trinajstić information content (AvgIpc) is 3.98. The van der Waals surface area contributed by atoms with Crippen LogP contribution in [0.25, 0.3) is 44.3 Å². The Balaban J connectivity index is 1.17. The van der Waals surface area contributed by atoms with E-state index in [1.165, 1.54) is 22.9 Å². The van der Waals surface area contributed by atoms with Gasteiger partial charge < -0.3 is 9.80 Å². The number of para-hydroxylation sites is 2. The number of anilines is 6. The topological polar surface area (TPSA) is 64.2 Å². The Labute approximate surface area is 388 Å². The largest absolute Gasteiger partial charge is 0.311 e. The van der Waals surface area contributed by atoms with Gasteiger partial charge in [-0.05, 0) is 119 Å². The van der Waals surface area contributed by atoms with Crippen LogP contribution in [0.5, 0.6) is 0 Å². The highest BCUT2D eigenvalue weighted by Gasteiger charge is 2.26. The van der Waals surface area contributed by atoms with E-state index in [2.05, 4.69) is 228 Å². The van der Waals surface area contributed by atoms with Crippen LogP contribution in [0.3, 0.4) is 0 Å². The molecule has 7 aromatic carbocycles. The molecule has 2 aromatic heterocycles. The standard InChI is InChI=1S/C57H59N7S/c1-9-11-18-43(10-2)64-55-51(40-25-33-47(34-26-40)63(45-21-16-13-17-22-45)49-37-29-42(30-38-49)57(6,7)8)53-52(59-65-60-53)50(54(55)58-61-64)39-23-31-46(32-24-39)62(44-19-14-12-15-20-44)48-35-27-41(28-36-48)56(3,4)5/h12-17,19-38,43H,9-11,18H2,1-8H3. The van der Waals surface area contributed by atoms with Crippen LogP contribution < -0.4 is 14.2 Å². The van der Waals surface area contributed by atoms with Gasteiger partial charge in [-0.25, -0.2) is 4.68 Å². The molecule has 9 aromatic rings. The van der Waals surface area contributed by atoms with Gasteiger partial charge in [0.25, 0.3) is 11.7 Å². The zero-order valence-corrected chi connectivity index (χ0v) is 39.8. The van der Waals surface area contributed by atoms with E-state index < -0.39 is 0 Å². The lowest BCUT2D eigenvalue weighted by Crippen LogP contribution is -2.13. The minimum absolute atomic E-state index is 0.0651. The zero-order valence-electron chi connectivity index (χ0n) is 39.0. The summed E-state index contributed by atoms with van der Waals surface area (Å²) in [5.74, 6) is 0. The molecule has 0 saturated carbocycles. The first-order valence-electron chi connectivity index (χ1n) is 23.1. The molecule has 8 heteroatoms. The van der Waals surface area contributed by atoms with E-state index in [9.17, 15) is 0 Å². The third-order valence-electron chi connectivity index (χ3n) is 12.7. The van der Waals surface area contributed by atoms with Crippen LogP contribution in [-0.2, 0) is 10.8 Å². The second-order valence-corrected chi connectivity index (χ2v) is 19.7. The Bertz CT molecular complexity index is 3000. The molecule has 0 aliphatic rings. The first kappa shape index (κ1) is 43.6. The van der Waals surface area contributed by atoms with E-state index in [0.717, 1.165) is 104 Å². The number of fused-ring (bicyclic) bond motifs is 2. The summed E-state index contributed by atoms with van der Waals surface area (Å²) in [6.45, 7) is 18.0. The molecule has 0 bridgehead atoms. The Kier molecular flexibility index (Phi) is 12.1. The molecule has 9 rings (SSSR count). The van der Waals surface area contributed by atoms with Crippen LogP contribution in [0.4, 0.5) is 34.1 Å². The summed E-state index contributed by atoms with van der Waals surface area (Å²) in [5, 5.41) is 10.0. The van der Waals surface area contributed by atoms with Crippen molar-refractivity contribution >= 4 is 67.9 Å². The lowest BCUT2D eigenvalue weighted by molar-refractivity contribution is 0.402. The molecule has 7 nitrogen and oxygen atoms in total. The number of hydrogen-bond donors (Lipinski definition) is 0. The Morgan fingerprint density at radius 2 is 0.969 bits per heavy atom. The van der Waals surface area contributed by atoms with Crippen molar-refractivity contribution in [3.63, 3.8) is 0 Å². The number of nitrogens with zero attached hydrogens (tertiary/aromatic N) is 7. The maximum absolute atomic E-state index is 5.07. The predicted octanol–water partition coefficient (Wildman–Crippen LogP) is 16.3. The fourth-order valence-corrected chi connectivity index (χ4v) is 9.56. The van der Waals surface area contributed by atoms with Gasteiger partial charge in [0.05, 0.1) is 11.6 Å². The highest BCUT2D eigenvalue weighted by Crippen LogP contribution is 2.45. The van der Waals surface area contributed by atoms with Gasteiger partial charge >= 0.3 is 0 Å². The summed E-state index contributed by atoms with van der Waals surface area (Å²) >= 11 is 1.26. The minimum atomic E-state index is 0.0651. The van der Waals surface area contributed by atoms with Gasteiger partial charge in [-0.15, -0.1) is 5.10 Å². The van der Waals surface area contributed by atoms with Crippen molar-refractivity contribution < 1.29 is 0 Å². The molecule has 0 saturated heterocycles. The molecule has 65 heavy (non-hydrogen) atoms. The van der Waals surface area contributed by atoms with Gasteiger partial charge in [-0.2, -0.15) is 8.75 Å². The molecule has 1 unspecified atom stereocenters. The summed E-state index contributed by atoms with van der Waals surface area (Å²) in [7, 11) is 0. The normalized spacial score (nSPS) is 12.5. The molecule has 0 aliphatic carbocycles. The van der Waals surface area contributed by atoms with Crippen molar-refractivity contribution in [3.8, 4) is 22.3 Å². The summed E-state index contributed by atoms with van der Waals surface area (Å²) in [5.41, 5.74) is 16.9. The maximum atomic E-state index is 5.07. The number of aromatic nitrogens is 5. The van der Waals surface area contributed by atoms with Crippen molar-refractivity contribution in [1.82, 2.24) is 23.7 Å². The molecule has 0 fully saturated rings. The van der Waals surface area contributed by atoms with Gasteiger partial charge in [-0.3, -0.25) is 0 Å². The smallest absolute Gasteiger partial charge is 0.279 e. The summed E-state index contributed by atoms with van der Waals surface area (Å²) in [6, 6.07) is 57.0. The summed E-state index contributed by atoms with van der Waals surface area (Å²) < 4.78 is 12.3. The van der Waals surface area contributed by atoms with E-state index in [1.807, 2.05) is 0 Å². The van der Waals surface area contributed by atoms with Crippen molar-refractivity contribution in [2.75, 3.05) is 9.80 Å². The Hall–Kier alpha value is -6.64. The molecule has 0 aliphatic heterocycles. The van der Waals surface area contributed by atoms with Crippen LogP contribution in [0.1, 0.15) is 98.2 Å². The number of benzene rings is 7. The SMILES string of the molecule is CCCCC(CC)n1nnc2c(-c3ccc(N(c4ccccc4)c4ccc(C(C)(C)C)cc4)cc3)c3[n-][s+]nc3c(-c3ccc(N(c4ccccc4)c4ccc(C(C)(C)C)cc4)cc3)c21. The second-order valence-electron chi connectivity index (χ2n) is 19.2. The molecule has 0 amide bonds. The second kappa shape index (κ2) is 18.1. The van der Waals surface area contributed by atoms with Crippen LogP contribution in [0, 0.1) is 0 Å². The molecule has 0 spiro atoms. The van der Waals surface area contributed by atoms with E-state index in [-0.39, 0.29) is 16.9 Å². The summed E-state index contributed by atoms with van der Waals surface area (Å²) in [6.07, 6.45) is 4.20. The highest BCUT2D eigenvalue weighted by molar-refractivity contribution is 7.00. The molecule has 0 N–H and O–H groups in total. The lowest BCUT2D eigenvalue weighted by atomic mass is 9.87. The quantitative estimate of drug-likeness (QED) is 0.108. The number of rotatable bonds is 13. The molecular formula is C57H59N7S. The zero-order chi connectivity index (χ0) is 45.3. The predicted molar refractivity (Wildman–Crippen MR) is 275 cm³/mol. The third kappa shape index (κ3) is 8.67. The fraction of sp³-hybridized carbons (Fsp3) is 0.263. The van der Waals surface area contributed by atoms with Crippen LogP contribution >= 0.6 is 11.7 Å². The van der Waals surface area contributed by atoms with Crippen LogP contribution in [0.2, 0.25) is 0 Å². The minimum Gasteiger partial charge on any atom is -0.311 e. The average molecular weight is 874 g/mol. The first-order valence-corrected chi connectivity index (χ1v) is 23.8. The van der Waals surface area contributed by atoms with Gasteiger partial charge in [0.1, 0.15) is 5.52 Å². The Morgan fingerprint density at radius 1 is 0.538 bits per heavy atom. The molecule has 1 atom stereocenters.